The van der Waals surface area contributed by atoms with Gasteiger partial charge < -0.3 is 30.4 Å². The monoisotopic (exact) mass is 356 g/mol. The van der Waals surface area contributed by atoms with E-state index < -0.39 is 0 Å². The van der Waals surface area contributed by atoms with E-state index in [0.717, 1.165) is 0 Å². The zero-order chi connectivity index (χ0) is 19.7. The summed E-state index contributed by atoms with van der Waals surface area (Å²) in [6.07, 6.45) is 0. The standard InChI is InChI=1S/2C9H10N2O2/c2*1-12-6-3-8(11)7(5-10)9(4-6)13-2/h2*3-4H,11H2,1-2H3. The molecule has 0 atom stereocenters. The van der Waals surface area contributed by atoms with Crippen LogP contribution in [0, 0.1) is 22.7 Å². The molecule has 0 aromatic heterocycles. The molecule has 0 aliphatic carbocycles. The average Bonchev–Trinajstić information content (AvgIpc) is 2.66. The second-order valence-corrected chi connectivity index (χ2v) is 4.81. The summed E-state index contributed by atoms with van der Waals surface area (Å²) in [5.41, 5.74) is 12.6. The predicted octanol–water partition coefficient (Wildman–Crippen LogP) is 2.32. The molecule has 0 radical (unpaired) electrons. The first-order valence-corrected chi connectivity index (χ1v) is 7.28. The van der Waals surface area contributed by atoms with Crippen LogP contribution in [0.3, 0.4) is 0 Å². The van der Waals surface area contributed by atoms with Crippen LogP contribution in [0.5, 0.6) is 23.0 Å². The van der Waals surface area contributed by atoms with Crippen LogP contribution in [-0.2, 0) is 0 Å². The molecule has 4 N–H and O–H groups in total. The van der Waals surface area contributed by atoms with Gasteiger partial charge in [-0.2, -0.15) is 10.5 Å². The molecule has 0 spiro atoms. The van der Waals surface area contributed by atoms with Crippen molar-refractivity contribution in [2.75, 3.05) is 39.9 Å². The minimum atomic E-state index is 0.336. The number of benzene rings is 2. The number of rotatable bonds is 4. The summed E-state index contributed by atoms with van der Waals surface area (Å²) >= 11 is 0. The van der Waals surface area contributed by atoms with Gasteiger partial charge in [0.1, 0.15) is 46.3 Å². The van der Waals surface area contributed by atoms with Gasteiger partial charge in [-0.25, -0.2) is 0 Å². The maximum atomic E-state index is 8.74. The van der Waals surface area contributed by atoms with E-state index in [4.69, 9.17) is 40.9 Å². The molecule has 0 unspecified atom stereocenters. The maximum absolute atomic E-state index is 8.74. The van der Waals surface area contributed by atoms with Crippen molar-refractivity contribution >= 4 is 11.4 Å². The maximum Gasteiger partial charge on any atom is 0.142 e. The second kappa shape index (κ2) is 9.50. The Morgan fingerprint density at radius 2 is 1.00 bits per heavy atom. The Balaban J connectivity index is 0.000000260. The van der Waals surface area contributed by atoms with Crippen LogP contribution < -0.4 is 30.4 Å². The molecule has 0 aliphatic rings. The predicted molar refractivity (Wildman–Crippen MR) is 97.3 cm³/mol. The summed E-state index contributed by atoms with van der Waals surface area (Å²) in [6.45, 7) is 0. The van der Waals surface area contributed by atoms with Crippen LogP contribution in [0.4, 0.5) is 11.4 Å². The number of anilines is 2. The van der Waals surface area contributed by atoms with Crippen molar-refractivity contribution in [2.45, 2.75) is 0 Å². The molecule has 2 aromatic rings. The number of nitrogens with zero attached hydrogens (tertiary/aromatic N) is 2. The molecule has 26 heavy (non-hydrogen) atoms. The van der Waals surface area contributed by atoms with Crippen molar-refractivity contribution in [3.63, 3.8) is 0 Å². The Morgan fingerprint density at radius 1 is 0.654 bits per heavy atom. The lowest BCUT2D eigenvalue weighted by molar-refractivity contribution is 0.394. The number of hydrogen-bond donors (Lipinski definition) is 2. The van der Waals surface area contributed by atoms with E-state index in [1.54, 1.807) is 24.3 Å². The van der Waals surface area contributed by atoms with E-state index in [9.17, 15) is 0 Å². The van der Waals surface area contributed by atoms with Crippen LogP contribution in [0.1, 0.15) is 11.1 Å². The van der Waals surface area contributed by atoms with Crippen molar-refractivity contribution < 1.29 is 18.9 Å². The van der Waals surface area contributed by atoms with Crippen LogP contribution in [0.25, 0.3) is 0 Å². The van der Waals surface area contributed by atoms with Gasteiger partial charge in [0.15, 0.2) is 0 Å². The number of nitriles is 2. The lowest BCUT2D eigenvalue weighted by Gasteiger charge is -2.07. The molecule has 2 rings (SSSR count). The molecular formula is C18H20N4O4. The molecule has 0 bridgehead atoms. The van der Waals surface area contributed by atoms with E-state index in [2.05, 4.69) is 0 Å². The lowest BCUT2D eigenvalue weighted by atomic mass is 10.1. The summed E-state index contributed by atoms with van der Waals surface area (Å²) in [7, 11) is 6.02. The minimum Gasteiger partial charge on any atom is -0.497 e. The third-order valence-electron chi connectivity index (χ3n) is 3.35. The van der Waals surface area contributed by atoms with Crippen LogP contribution in [-0.4, -0.2) is 28.4 Å². The summed E-state index contributed by atoms with van der Waals surface area (Å²) < 4.78 is 19.9. The van der Waals surface area contributed by atoms with E-state index in [1.807, 2.05) is 12.1 Å². The Kier molecular flexibility index (Phi) is 7.40. The number of methoxy groups -OCH3 is 4. The fraction of sp³-hybridized carbons (Fsp3) is 0.222. The number of hydrogen-bond acceptors (Lipinski definition) is 8. The van der Waals surface area contributed by atoms with Gasteiger partial charge >= 0.3 is 0 Å². The zero-order valence-corrected chi connectivity index (χ0v) is 15.0. The molecule has 8 nitrogen and oxygen atoms in total. The van der Waals surface area contributed by atoms with Gasteiger partial charge in [-0.15, -0.1) is 0 Å². The first kappa shape index (κ1) is 20.3. The van der Waals surface area contributed by atoms with Gasteiger partial charge in [0.05, 0.1) is 39.8 Å². The van der Waals surface area contributed by atoms with E-state index in [0.29, 0.717) is 45.5 Å². The number of ether oxygens (including phenoxy) is 4. The number of nitrogens with two attached hydrogens (primary N) is 2. The van der Waals surface area contributed by atoms with Crippen molar-refractivity contribution in [1.29, 1.82) is 10.5 Å². The topological polar surface area (TPSA) is 137 Å². The Labute approximate surface area is 152 Å². The third kappa shape index (κ3) is 4.62. The highest BCUT2D eigenvalue weighted by Gasteiger charge is 2.09. The molecular weight excluding hydrogens is 336 g/mol. The van der Waals surface area contributed by atoms with Crippen molar-refractivity contribution in [1.82, 2.24) is 0 Å². The Bertz CT molecular complexity index is 782. The average molecular weight is 356 g/mol. The second-order valence-electron chi connectivity index (χ2n) is 4.81. The molecule has 0 fully saturated rings. The normalized spacial score (nSPS) is 9.00. The van der Waals surface area contributed by atoms with Crippen molar-refractivity contribution in [3.8, 4) is 35.1 Å². The van der Waals surface area contributed by atoms with Crippen molar-refractivity contribution in [3.05, 3.63) is 35.4 Å². The highest BCUT2D eigenvalue weighted by molar-refractivity contribution is 5.65. The Hall–Kier alpha value is -3.78. The van der Waals surface area contributed by atoms with Gasteiger partial charge in [0.2, 0.25) is 0 Å². The summed E-state index contributed by atoms with van der Waals surface area (Å²) in [4.78, 5) is 0. The molecule has 0 saturated carbocycles. The van der Waals surface area contributed by atoms with Gasteiger partial charge in [-0.05, 0) is 0 Å². The van der Waals surface area contributed by atoms with E-state index in [-0.39, 0.29) is 0 Å². The summed E-state index contributed by atoms with van der Waals surface area (Å²) in [5, 5.41) is 17.5. The molecule has 0 aliphatic heterocycles. The molecule has 0 saturated heterocycles. The summed E-state index contributed by atoms with van der Waals surface area (Å²) in [5.74, 6) is 2.01. The smallest absolute Gasteiger partial charge is 0.142 e. The fourth-order valence-corrected chi connectivity index (χ4v) is 2.02. The van der Waals surface area contributed by atoms with Gasteiger partial charge in [0, 0.05) is 24.3 Å². The van der Waals surface area contributed by atoms with Crippen molar-refractivity contribution in [2.24, 2.45) is 0 Å². The van der Waals surface area contributed by atoms with Gasteiger partial charge in [-0.1, -0.05) is 0 Å². The third-order valence-corrected chi connectivity index (χ3v) is 3.35. The van der Waals surface area contributed by atoms with E-state index >= 15 is 0 Å². The Morgan fingerprint density at radius 3 is 1.23 bits per heavy atom. The summed E-state index contributed by atoms with van der Waals surface area (Å²) in [6, 6.07) is 10.3. The molecule has 136 valence electrons. The van der Waals surface area contributed by atoms with Gasteiger partial charge in [0.25, 0.3) is 0 Å². The zero-order valence-electron chi connectivity index (χ0n) is 15.0. The van der Waals surface area contributed by atoms with Crippen LogP contribution >= 0.6 is 0 Å². The van der Waals surface area contributed by atoms with Gasteiger partial charge in [-0.3, -0.25) is 0 Å². The SMILES string of the molecule is COc1cc(N)c(C#N)c(OC)c1.COc1cc(N)c(C#N)c(OC)c1. The highest BCUT2D eigenvalue weighted by Crippen LogP contribution is 2.30. The first-order chi connectivity index (χ1) is 12.4. The molecule has 0 amide bonds. The highest BCUT2D eigenvalue weighted by atomic mass is 16.5. The van der Waals surface area contributed by atoms with Crippen LogP contribution in [0.2, 0.25) is 0 Å². The number of nitrogen functional groups attached to an aromatic ring is 2. The minimum absolute atomic E-state index is 0.336. The molecule has 0 heterocycles. The first-order valence-electron chi connectivity index (χ1n) is 7.28. The quantitative estimate of drug-likeness (QED) is 0.796. The molecule has 2 aromatic carbocycles. The largest absolute Gasteiger partial charge is 0.497 e. The van der Waals surface area contributed by atoms with Crippen LogP contribution in [0.15, 0.2) is 24.3 Å². The lowest BCUT2D eigenvalue weighted by Crippen LogP contribution is -1.96. The van der Waals surface area contributed by atoms with E-state index in [1.165, 1.54) is 28.4 Å². The fourth-order valence-electron chi connectivity index (χ4n) is 2.02. The molecule has 8 heteroatoms.